The quantitative estimate of drug-likeness (QED) is 0.258. The summed E-state index contributed by atoms with van der Waals surface area (Å²) in [5.74, 6) is 1.97. The standard InChI is InChI=1S/C18H18N2OS3/c1-3-9-20-17(21)14-12-15(13-7-5-4-6-8-13)24-16(14)19-18(20)23-11-10-22-2/h3-8,12H,1,9-11H2,2H3. The van der Waals surface area contributed by atoms with E-state index in [1.165, 1.54) is 0 Å². The van der Waals surface area contributed by atoms with E-state index in [-0.39, 0.29) is 5.56 Å². The third kappa shape index (κ3) is 3.61. The molecule has 24 heavy (non-hydrogen) atoms. The van der Waals surface area contributed by atoms with E-state index in [4.69, 9.17) is 4.98 Å². The van der Waals surface area contributed by atoms with Crippen molar-refractivity contribution < 1.29 is 0 Å². The Morgan fingerprint density at radius 2 is 2.08 bits per heavy atom. The Kier molecular flexibility index (Phi) is 5.81. The first-order valence-corrected chi connectivity index (χ1v) is 10.8. The van der Waals surface area contributed by atoms with Crippen molar-refractivity contribution in [2.75, 3.05) is 17.8 Å². The predicted octanol–water partition coefficient (Wildman–Crippen LogP) is 4.77. The third-order valence-electron chi connectivity index (χ3n) is 3.50. The predicted molar refractivity (Wildman–Crippen MR) is 109 cm³/mol. The fraction of sp³-hybridized carbons (Fsp3) is 0.222. The van der Waals surface area contributed by atoms with Crippen LogP contribution in [0.2, 0.25) is 0 Å². The summed E-state index contributed by atoms with van der Waals surface area (Å²) >= 11 is 5.01. The number of aromatic nitrogens is 2. The van der Waals surface area contributed by atoms with E-state index in [1.54, 1.807) is 45.5 Å². The molecule has 6 heteroatoms. The fourth-order valence-electron chi connectivity index (χ4n) is 2.36. The molecule has 0 spiro atoms. The smallest absolute Gasteiger partial charge is 0.263 e. The molecule has 3 aromatic rings. The topological polar surface area (TPSA) is 34.9 Å². The molecule has 0 N–H and O–H groups in total. The lowest BCUT2D eigenvalue weighted by molar-refractivity contribution is 0.673. The molecule has 2 heterocycles. The van der Waals surface area contributed by atoms with Crippen LogP contribution in [-0.4, -0.2) is 27.3 Å². The number of benzene rings is 1. The molecule has 0 saturated heterocycles. The van der Waals surface area contributed by atoms with Crippen LogP contribution in [0.4, 0.5) is 0 Å². The van der Waals surface area contributed by atoms with Crippen LogP contribution in [0.1, 0.15) is 0 Å². The van der Waals surface area contributed by atoms with E-state index in [1.807, 2.05) is 24.3 Å². The van der Waals surface area contributed by atoms with Gasteiger partial charge < -0.3 is 0 Å². The van der Waals surface area contributed by atoms with Crippen LogP contribution in [0.25, 0.3) is 20.7 Å². The van der Waals surface area contributed by atoms with E-state index >= 15 is 0 Å². The number of rotatable bonds is 7. The molecule has 0 unspecified atom stereocenters. The molecule has 0 saturated carbocycles. The van der Waals surface area contributed by atoms with Gasteiger partial charge in [0.1, 0.15) is 4.83 Å². The summed E-state index contributed by atoms with van der Waals surface area (Å²) in [4.78, 5) is 19.5. The lowest BCUT2D eigenvalue weighted by Gasteiger charge is -2.09. The van der Waals surface area contributed by atoms with Gasteiger partial charge in [0, 0.05) is 22.9 Å². The van der Waals surface area contributed by atoms with Crippen molar-refractivity contribution >= 4 is 45.1 Å². The highest BCUT2D eigenvalue weighted by Gasteiger charge is 2.14. The van der Waals surface area contributed by atoms with Crippen molar-refractivity contribution in [1.82, 2.24) is 9.55 Å². The average Bonchev–Trinajstić information content (AvgIpc) is 3.03. The second-order valence-electron chi connectivity index (χ2n) is 5.14. The largest absolute Gasteiger partial charge is 0.283 e. The minimum absolute atomic E-state index is 0.0185. The molecular weight excluding hydrogens is 356 g/mol. The molecule has 124 valence electrons. The fourth-order valence-corrected chi connectivity index (χ4v) is 5.10. The third-order valence-corrected chi connectivity index (χ3v) is 6.43. The number of hydrogen-bond donors (Lipinski definition) is 0. The van der Waals surface area contributed by atoms with Crippen molar-refractivity contribution in [1.29, 1.82) is 0 Å². The molecule has 3 nitrogen and oxygen atoms in total. The summed E-state index contributed by atoms with van der Waals surface area (Å²) in [6.07, 6.45) is 3.83. The number of thiophene rings is 1. The first kappa shape index (κ1) is 17.3. The van der Waals surface area contributed by atoms with Gasteiger partial charge in [-0.1, -0.05) is 48.2 Å². The number of hydrogen-bond acceptors (Lipinski definition) is 5. The Balaban J connectivity index is 2.09. The summed E-state index contributed by atoms with van der Waals surface area (Å²) in [5, 5.41) is 1.47. The van der Waals surface area contributed by atoms with E-state index in [9.17, 15) is 4.79 Å². The van der Waals surface area contributed by atoms with Gasteiger partial charge in [0.15, 0.2) is 5.16 Å². The molecule has 2 aromatic heterocycles. The molecule has 0 fully saturated rings. The lowest BCUT2D eigenvalue weighted by atomic mass is 10.2. The molecule has 1 aromatic carbocycles. The molecule has 0 aliphatic carbocycles. The van der Waals surface area contributed by atoms with Gasteiger partial charge in [-0.05, 0) is 17.9 Å². The zero-order valence-electron chi connectivity index (χ0n) is 13.4. The average molecular weight is 375 g/mol. The number of thioether (sulfide) groups is 2. The Bertz CT molecular complexity index is 900. The highest BCUT2D eigenvalue weighted by atomic mass is 32.2. The molecule has 0 amide bonds. The first-order chi connectivity index (χ1) is 11.7. The Hall–Kier alpha value is -1.50. The number of fused-ring (bicyclic) bond motifs is 1. The summed E-state index contributed by atoms with van der Waals surface area (Å²) in [6, 6.07) is 12.1. The molecule has 0 bridgehead atoms. The van der Waals surface area contributed by atoms with Crippen LogP contribution in [0, 0.1) is 0 Å². The summed E-state index contributed by atoms with van der Waals surface area (Å²) in [6.45, 7) is 4.26. The summed E-state index contributed by atoms with van der Waals surface area (Å²) in [5.41, 5.74) is 1.14. The summed E-state index contributed by atoms with van der Waals surface area (Å²) < 4.78 is 1.72. The van der Waals surface area contributed by atoms with Crippen LogP contribution in [0.15, 0.2) is 59.0 Å². The summed E-state index contributed by atoms with van der Waals surface area (Å²) in [7, 11) is 0. The number of allylic oxidation sites excluding steroid dienone is 1. The van der Waals surface area contributed by atoms with Gasteiger partial charge >= 0.3 is 0 Å². The highest BCUT2D eigenvalue weighted by Crippen LogP contribution is 2.32. The van der Waals surface area contributed by atoms with Crippen molar-refractivity contribution in [3.63, 3.8) is 0 Å². The Morgan fingerprint density at radius 1 is 1.29 bits per heavy atom. The molecule has 0 aliphatic rings. The van der Waals surface area contributed by atoms with Gasteiger partial charge in [-0.15, -0.1) is 17.9 Å². The maximum atomic E-state index is 12.9. The van der Waals surface area contributed by atoms with Crippen LogP contribution in [0.3, 0.4) is 0 Å². The Labute approximate surface area is 153 Å². The zero-order chi connectivity index (χ0) is 16.9. The van der Waals surface area contributed by atoms with Crippen LogP contribution >= 0.6 is 34.9 Å². The van der Waals surface area contributed by atoms with Crippen LogP contribution in [0.5, 0.6) is 0 Å². The number of nitrogens with zero attached hydrogens (tertiary/aromatic N) is 2. The van der Waals surface area contributed by atoms with Gasteiger partial charge in [0.25, 0.3) is 5.56 Å². The zero-order valence-corrected chi connectivity index (χ0v) is 15.8. The van der Waals surface area contributed by atoms with Crippen molar-refractivity contribution in [2.45, 2.75) is 11.7 Å². The van der Waals surface area contributed by atoms with Gasteiger partial charge in [0.2, 0.25) is 0 Å². The minimum Gasteiger partial charge on any atom is -0.283 e. The van der Waals surface area contributed by atoms with Crippen LogP contribution in [-0.2, 0) is 6.54 Å². The monoisotopic (exact) mass is 374 g/mol. The van der Waals surface area contributed by atoms with Gasteiger partial charge in [-0.25, -0.2) is 4.98 Å². The van der Waals surface area contributed by atoms with E-state index in [0.717, 1.165) is 31.9 Å². The Morgan fingerprint density at radius 3 is 2.79 bits per heavy atom. The van der Waals surface area contributed by atoms with E-state index < -0.39 is 0 Å². The minimum atomic E-state index is 0.0185. The maximum absolute atomic E-state index is 12.9. The van der Waals surface area contributed by atoms with E-state index in [2.05, 4.69) is 25.0 Å². The van der Waals surface area contributed by atoms with Crippen LogP contribution < -0.4 is 5.56 Å². The van der Waals surface area contributed by atoms with Gasteiger partial charge in [-0.2, -0.15) is 11.8 Å². The molecule has 0 aliphatic heterocycles. The molecule has 0 radical (unpaired) electrons. The lowest BCUT2D eigenvalue weighted by Crippen LogP contribution is -2.22. The SMILES string of the molecule is C=CCn1c(SCCSC)nc2sc(-c3ccccc3)cc2c1=O. The molecule has 3 rings (SSSR count). The molecular formula is C18H18N2OS3. The normalized spacial score (nSPS) is 11.0. The van der Waals surface area contributed by atoms with Crippen molar-refractivity contribution in [3.05, 3.63) is 59.4 Å². The van der Waals surface area contributed by atoms with E-state index in [0.29, 0.717) is 11.9 Å². The van der Waals surface area contributed by atoms with Gasteiger partial charge in [0.05, 0.1) is 5.39 Å². The second kappa shape index (κ2) is 8.05. The molecule has 0 atom stereocenters. The van der Waals surface area contributed by atoms with Gasteiger partial charge in [-0.3, -0.25) is 9.36 Å². The highest BCUT2D eigenvalue weighted by molar-refractivity contribution is 8.02. The second-order valence-corrected chi connectivity index (χ2v) is 8.21. The van der Waals surface area contributed by atoms with Crippen molar-refractivity contribution in [2.24, 2.45) is 0 Å². The van der Waals surface area contributed by atoms with Crippen molar-refractivity contribution in [3.8, 4) is 10.4 Å². The maximum Gasteiger partial charge on any atom is 0.263 e. The first-order valence-electron chi connectivity index (χ1n) is 7.57.